The molecule has 10 heteroatoms. The summed E-state index contributed by atoms with van der Waals surface area (Å²) in [5.41, 5.74) is 1.50. The third kappa shape index (κ3) is 5.61. The lowest BCUT2D eigenvalue weighted by Gasteiger charge is -2.09. The van der Waals surface area contributed by atoms with Gasteiger partial charge in [0, 0.05) is 5.02 Å². The van der Waals surface area contributed by atoms with E-state index >= 15 is 0 Å². The van der Waals surface area contributed by atoms with Gasteiger partial charge in [0.05, 0.1) is 17.7 Å². The number of benzene rings is 2. The lowest BCUT2D eigenvalue weighted by atomic mass is 10.2. The van der Waals surface area contributed by atoms with Gasteiger partial charge in [-0.3, -0.25) is 4.79 Å². The van der Waals surface area contributed by atoms with E-state index in [0.717, 1.165) is 12.7 Å². The number of hydrogen-bond donors (Lipinski definition) is 2. The smallest absolute Gasteiger partial charge is 0.341 e. The Morgan fingerprint density at radius 2 is 1.89 bits per heavy atom. The number of rotatable bonds is 5. The van der Waals surface area contributed by atoms with Gasteiger partial charge in [-0.25, -0.2) is 9.79 Å². The van der Waals surface area contributed by atoms with E-state index < -0.39 is 12.6 Å². The van der Waals surface area contributed by atoms with Crippen molar-refractivity contribution in [3.05, 3.63) is 59.0 Å². The van der Waals surface area contributed by atoms with Crippen LogP contribution in [0.25, 0.3) is 6.08 Å². The summed E-state index contributed by atoms with van der Waals surface area (Å²) in [5.74, 6) is -0.752. The number of carbonyl (C=O) groups excluding carboxylic acids is 1. The van der Waals surface area contributed by atoms with Crippen LogP contribution in [0.4, 0.5) is 5.69 Å². The van der Waals surface area contributed by atoms with Crippen LogP contribution in [-0.4, -0.2) is 28.8 Å². The molecule has 144 valence electrons. The fourth-order valence-electron chi connectivity index (χ4n) is 2.20. The van der Waals surface area contributed by atoms with Crippen LogP contribution in [0, 0.1) is 7.14 Å². The second-order valence-corrected chi connectivity index (χ2v) is 9.25. The highest BCUT2D eigenvalue weighted by molar-refractivity contribution is 14.1. The van der Waals surface area contributed by atoms with Crippen LogP contribution in [0.3, 0.4) is 0 Å². The minimum absolute atomic E-state index is 0.228. The highest BCUT2D eigenvalue weighted by Crippen LogP contribution is 2.32. The van der Waals surface area contributed by atoms with Crippen LogP contribution in [0.2, 0.25) is 5.02 Å². The fourth-order valence-corrected chi connectivity index (χ4v) is 5.29. The zero-order valence-corrected chi connectivity index (χ0v) is 19.8. The first-order chi connectivity index (χ1) is 13.3. The van der Waals surface area contributed by atoms with Crippen molar-refractivity contribution in [2.24, 2.45) is 4.99 Å². The number of aliphatic carboxylic acids is 1. The molecule has 2 N–H and O–H groups in total. The van der Waals surface area contributed by atoms with Crippen LogP contribution in [-0.2, 0) is 9.59 Å². The zero-order valence-electron chi connectivity index (χ0n) is 13.9. The maximum atomic E-state index is 12.3. The molecule has 1 saturated heterocycles. The SMILES string of the molecule is O=C(O)COc1c(I)cc(/C=C2\SC(=Nc3ccc(Cl)cc3)NC2=O)cc1I. The minimum atomic E-state index is -1.04. The molecule has 0 spiro atoms. The van der Waals surface area contributed by atoms with Gasteiger partial charge in [-0.15, -0.1) is 0 Å². The van der Waals surface area contributed by atoms with Gasteiger partial charge >= 0.3 is 5.97 Å². The van der Waals surface area contributed by atoms with E-state index in [1.54, 1.807) is 30.3 Å². The van der Waals surface area contributed by atoms with E-state index in [9.17, 15) is 9.59 Å². The number of carboxylic acid groups (broad SMARTS) is 1. The molecular weight excluding hydrogens is 630 g/mol. The zero-order chi connectivity index (χ0) is 20.3. The second-order valence-electron chi connectivity index (χ2n) is 5.45. The van der Waals surface area contributed by atoms with Crippen LogP contribution in [0.5, 0.6) is 5.75 Å². The van der Waals surface area contributed by atoms with Gasteiger partial charge in [-0.1, -0.05) is 11.6 Å². The van der Waals surface area contributed by atoms with Gasteiger partial charge in [0.2, 0.25) is 0 Å². The minimum Gasteiger partial charge on any atom is -0.480 e. The highest BCUT2D eigenvalue weighted by Gasteiger charge is 2.24. The summed E-state index contributed by atoms with van der Waals surface area (Å²) in [6.07, 6.45) is 1.76. The molecule has 2 aromatic carbocycles. The number of aliphatic imine (C=N–C) groups is 1. The summed E-state index contributed by atoms with van der Waals surface area (Å²) in [6.45, 7) is -0.408. The Balaban J connectivity index is 1.80. The van der Waals surface area contributed by atoms with Crippen molar-refractivity contribution < 1.29 is 19.4 Å². The second kappa shape index (κ2) is 9.46. The number of halogens is 3. The summed E-state index contributed by atoms with van der Waals surface area (Å²) in [6, 6.07) is 10.7. The van der Waals surface area contributed by atoms with Gasteiger partial charge in [0.15, 0.2) is 11.8 Å². The molecule has 0 bridgehead atoms. The highest BCUT2D eigenvalue weighted by atomic mass is 127. The van der Waals surface area contributed by atoms with Gasteiger partial charge in [0.1, 0.15) is 5.75 Å². The Morgan fingerprint density at radius 1 is 1.25 bits per heavy atom. The molecule has 0 aliphatic carbocycles. The van der Waals surface area contributed by atoms with Crippen molar-refractivity contribution in [2.45, 2.75) is 0 Å². The molecule has 1 amide bonds. The quantitative estimate of drug-likeness (QED) is 0.359. The summed E-state index contributed by atoms with van der Waals surface area (Å²) >= 11 is 11.3. The van der Waals surface area contributed by atoms with Crippen molar-refractivity contribution >= 4 is 97.4 Å². The van der Waals surface area contributed by atoms with E-state index in [1.165, 1.54) is 11.8 Å². The number of ether oxygens (including phenoxy) is 1. The van der Waals surface area contributed by atoms with Crippen LogP contribution in [0.15, 0.2) is 46.3 Å². The summed E-state index contributed by atoms with van der Waals surface area (Å²) < 4.78 is 6.84. The van der Waals surface area contributed by atoms with Gasteiger partial charge in [-0.05, 0) is 105 Å². The largest absolute Gasteiger partial charge is 0.480 e. The molecule has 0 atom stereocenters. The number of carbonyl (C=O) groups is 2. The van der Waals surface area contributed by atoms with E-state index in [-0.39, 0.29) is 5.91 Å². The summed E-state index contributed by atoms with van der Waals surface area (Å²) in [7, 11) is 0. The Bertz CT molecular complexity index is 986. The van der Waals surface area contributed by atoms with Crippen molar-refractivity contribution in [1.29, 1.82) is 0 Å². The van der Waals surface area contributed by atoms with Gasteiger partial charge in [-0.2, -0.15) is 0 Å². The molecule has 6 nitrogen and oxygen atoms in total. The van der Waals surface area contributed by atoms with Crippen molar-refractivity contribution in [1.82, 2.24) is 5.32 Å². The molecule has 1 fully saturated rings. The standard InChI is InChI=1S/C18H11ClI2N2O4S/c19-10-1-3-11(4-2-10)22-18-23-17(26)14(28-18)7-9-5-12(20)16(13(21)6-9)27-8-15(24)25/h1-7H,8H2,(H,24,25)(H,22,23,26)/b14-7-. The lowest BCUT2D eigenvalue weighted by Crippen LogP contribution is -2.19. The third-order valence-electron chi connectivity index (χ3n) is 3.37. The molecule has 0 radical (unpaired) electrons. The van der Waals surface area contributed by atoms with Crippen LogP contribution in [0.1, 0.15) is 5.56 Å². The molecule has 3 rings (SSSR count). The fraction of sp³-hybridized carbons (Fsp3) is 0.0556. The lowest BCUT2D eigenvalue weighted by molar-refractivity contribution is -0.139. The maximum Gasteiger partial charge on any atom is 0.341 e. The molecule has 0 aromatic heterocycles. The average Bonchev–Trinajstić information content (AvgIpc) is 2.95. The molecule has 1 aliphatic rings. The Hall–Kier alpha value is -1.31. The molecule has 1 aliphatic heterocycles. The molecular formula is C18H11ClI2N2O4S. The monoisotopic (exact) mass is 640 g/mol. The Kier molecular flexibility index (Phi) is 7.23. The van der Waals surface area contributed by atoms with Crippen LogP contribution < -0.4 is 10.1 Å². The number of nitrogens with zero attached hydrogens (tertiary/aromatic N) is 1. The first kappa shape index (κ1) is 21.4. The molecule has 0 saturated carbocycles. The Morgan fingerprint density at radius 3 is 2.50 bits per heavy atom. The van der Waals surface area contributed by atoms with Crippen molar-refractivity contribution in [2.75, 3.05) is 6.61 Å². The predicted molar refractivity (Wildman–Crippen MR) is 127 cm³/mol. The van der Waals surface area contributed by atoms with E-state index in [1.807, 2.05) is 12.1 Å². The third-order valence-corrected chi connectivity index (χ3v) is 6.13. The number of carboxylic acids is 1. The summed E-state index contributed by atoms with van der Waals surface area (Å²) in [4.78, 5) is 27.9. The molecule has 2 aromatic rings. The van der Waals surface area contributed by atoms with Gasteiger partial charge in [0.25, 0.3) is 5.91 Å². The number of hydrogen-bond acceptors (Lipinski definition) is 5. The molecule has 1 heterocycles. The predicted octanol–water partition coefficient (Wildman–Crippen LogP) is 4.90. The normalized spacial score (nSPS) is 16.5. The first-order valence-electron chi connectivity index (χ1n) is 7.70. The number of amides is 1. The number of nitrogens with one attached hydrogen (secondary N) is 1. The van der Waals surface area contributed by atoms with E-state index in [4.69, 9.17) is 21.4 Å². The van der Waals surface area contributed by atoms with Crippen molar-refractivity contribution in [3.8, 4) is 5.75 Å². The van der Waals surface area contributed by atoms with E-state index in [2.05, 4.69) is 55.5 Å². The molecule has 0 unspecified atom stereocenters. The van der Waals surface area contributed by atoms with Gasteiger partial charge < -0.3 is 15.2 Å². The first-order valence-corrected chi connectivity index (χ1v) is 11.1. The summed E-state index contributed by atoms with van der Waals surface area (Å²) in [5, 5.41) is 12.6. The topological polar surface area (TPSA) is 88.0 Å². The van der Waals surface area contributed by atoms with E-state index in [0.29, 0.717) is 26.5 Å². The number of thioether (sulfide) groups is 1. The van der Waals surface area contributed by atoms with Crippen LogP contribution >= 0.6 is 68.5 Å². The average molecular weight is 641 g/mol. The Labute approximate surface area is 197 Å². The number of amidine groups is 1. The molecule has 28 heavy (non-hydrogen) atoms. The maximum absolute atomic E-state index is 12.3. The van der Waals surface area contributed by atoms with Crippen molar-refractivity contribution in [3.63, 3.8) is 0 Å².